The minimum absolute atomic E-state index is 0.226. The molecule has 0 bridgehead atoms. The Morgan fingerprint density at radius 1 is 1.24 bits per heavy atom. The summed E-state index contributed by atoms with van der Waals surface area (Å²) in [6.45, 7) is 4.61. The third-order valence-corrected chi connectivity index (χ3v) is 3.82. The number of benzene rings is 1. The van der Waals surface area contributed by atoms with Gasteiger partial charge in [0.15, 0.2) is 0 Å². The van der Waals surface area contributed by atoms with Crippen molar-refractivity contribution in [3.05, 3.63) is 34.9 Å². The smallest absolute Gasteiger partial charge is 0.0474 e. The quantitative estimate of drug-likeness (QED) is 0.891. The molecular weight excluding hydrogens is 234 g/mol. The number of nitrogens with zero attached hydrogens (tertiary/aromatic N) is 1. The van der Waals surface area contributed by atoms with E-state index in [1.807, 2.05) is 12.1 Å². The van der Waals surface area contributed by atoms with Crippen molar-refractivity contribution in [3.8, 4) is 0 Å². The van der Waals surface area contributed by atoms with E-state index < -0.39 is 0 Å². The first-order valence-electron chi connectivity index (χ1n) is 6.32. The molecule has 2 nitrogen and oxygen atoms in total. The van der Waals surface area contributed by atoms with E-state index >= 15 is 0 Å². The zero-order valence-corrected chi connectivity index (χ0v) is 11.0. The van der Waals surface area contributed by atoms with Crippen molar-refractivity contribution in [2.45, 2.75) is 25.8 Å². The Morgan fingerprint density at radius 3 is 2.35 bits per heavy atom. The topological polar surface area (TPSA) is 23.5 Å². The first-order valence-corrected chi connectivity index (χ1v) is 6.70. The monoisotopic (exact) mass is 253 g/mol. The van der Waals surface area contributed by atoms with Crippen LogP contribution in [0.1, 0.15) is 31.4 Å². The summed E-state index contributed by atoms with van der Waals surface area (Å²) in [4.78, 5) is 2.48. The van der Waals surface area contributed by atoms with Gasteiger partial charge in [-0.3, -0.25) is 4.90 Å². The van der Waals surface area contributed by atoms with E-state index in [1.54, 1.807) is 0 Å². The summed E-state index contributed by atoms with van der Waals surface area (Å²) in [5, 5.41) is 10.2. The van der Waals surface area contributed by atoms with Gasteiger partial charge in [0.1, 0.15) is 0 Å². The first-order chi connectivity index (χ1) is 8.22. The van der Waals surface area contributed by atoms with Crippen molar-refractivity contribution >= 4 is 11.6 Å². The molecule has 1 fully saturated rings. The second kappa shape index (κ2) is 5.85. The summed E-state index contributed by atoms with van der Waals surface area (Å²) >= 11 is 5.93. The van der Waals surface area contributed by atoms with E-state index in [4.69, 9.17) is 11.6 Å². The van der Waals surface area contributed by atoms with Crippen LogP contribution < -0.4 is 0 Å². The molecule has 1 aliphatic heterocycles. The second-order valence-electron chi connectivity index (χ2n) is 4.90. The molecule has 17 heavy (non-hydrogen) atoms. The maximum absolute atomic E-state index is 9.43. The lowest BCUT2D eigenvalue weighted by atomic mass is 9.94. The molecule has 1 heterocycles. The molecule has 3 heteroatoms. The van der Waals surface area contributed by atoms with Crippen molar-refractivity contribution in [2.24, 2.45) is 5.92 Å². The van der Waals surface area contributed by atoms with Crippen molar-refractivity contribution in [1.29, 1.82) is 0 Å². The summed E-state index contributed by atoms with van der Waals surface area (Å²) in [5.41, 5.74) is 1.26. The highest BCUT2D eigenvalue weighted by molar-refractivity contribution is 6.30. The van der Waals surface area contributed by atoms with Crippen LogP contribution in [0.3, 0.4) is 0 Å². The highest BCUT2D eigenvalue weighted by Crippen LogP contribution is 2.32. The van der Waals surface area contributed by atoms with Crippen molar-refractivity contribution in [2.75, 3.05) is 19.7 Å². The lowest BCUT2D eigenvalue weighted by molar-refractivity contribution is 0.126. The number of aliphatic hydroxyl groups is 1. The number of likely N-dealkylation sites (tertiary alicyclic amines) is 1. The maximum Gasteiger partial charge on any atom is 0.0474 e. The van der Waals surface area contributed by atoms with Gasteiger partial charge in [0, 0.05) is 17.7 Å². The number of rotatable bonds is 4. The van der Waals surface area contributed by atoms with Crippen LogP contribution >= 0.6 is 11.6 Å². The lowest BCUT2D eigenvalue weighted by Gasteiger charge is -2.32. The van der Waals surface area contributed by atoms with Crippen LogP contribution in [0.2, 0.25) is 5.02 Å². The number of aliphatic hydroxyl groups excluding tert-OH is 1. The Morgan fingerprint density at radius 2 is 1.82 bits per heavy atom. The van der Waals surface area contributed by atoms with Gasteiger partial charge in [0.2, 0.25) is 0 Å². The molecule has 0 amide bonds. The van der Waals surface area contributed by atoms with E-state index in [2.05, 4.69) is 24.0 Å². The van der Waals surface area contributed by atoms with Crippen LogP contribution in [0.5, 0.6) is 0 Å². The first kappa shape index (κ1) is 12.9. The summed E-state index contributed by atoms with van der Waals surface area (Å²) in [7, 11) is 0. The molecule has 0 aromatic heterocycles. The zero-order valence-electron chi connectivity index (χ0n) is 10.3. The molecule has 94 valence electrons. The van der Waals surface area contributed by atoms with E-state index in [1.165, 1.54) is 18.4 Å². The molecule has 2 unspecified atom stereocenters. The highest BCUT2D eigenvalue weighted by atomic mass is 35.5. The van der Waals surface area contributed by atoms with Crippen molar-refractivity contribution in [3.63, 3.8) is 0 Å². The Bertz CT molecular complexity index is 346. The Kier molecular flexibility index (Phi) is 4.43. The van der Waals surface area contributed by atoms with Crippen LogP contribution in [0.25, 0.3) is 0 Å². The Balaban J connectivity index is 2.22. The van der Waals surface area contributed by atoms with E-state index in [-0.39, 0.29) is 12.5 Å². The molecular formula is C14H20ClNO. The van der Waals surface area contributed by atoms with Gasteiger partial charge in [-0.15, -0.1) is 0 Å². The molecule has 1 N–H and O–H groups in total. The van der Waals surface area contributed by atoms with Gasteiger partial charge in [-0.2, -0.15) is 0 Å². The molecule has 0 spiro atoms. The Labute approximate surface area is 108 Å². The van der Waals surface area contributed by atoms with Gasteiger partial charge in [-0.25, -0.2) is 0 Å². The minimum atomic E-state index is 0.226. The standard InChI is InChI=1S/C14H20ClNO/c1-11(10-17)14(16-8-2-3-9-16)12-4-6-13(15)7-5-12/h4-7,11,14,17H,2-3,8-10H2,1H3. The van der Waals surface area contributed by atoms with Crippen LogP contribution in [-0.2, 0) is 0 Å². The van der Waals surface area contributed by atoms with Crippen LogP contribution in [0, 0.1) is 5.92 Å². The maximum atomic E-state index is 9.43. The predicted molar refractivity (Wildman–Crippen MR) is 71.2 cm³/mol. The van der Waals surface area contributed by atoms with Crippen LogP contribution in [0.15, 0.2) is 24.3 Å². The van der Waals surface area contributed by atoms with Gasteiger partial charge >= 0.3 is 0 Å². The molecule has 1 aromatic carbocycles. The van der Waals surface area contributed by atoms with Gasteiger partial charge in [-0.1, -0.05) is 30.7 Å². The normalized spacial score (nSPS) is 20.4. The number of hydrogen-bond donors (Lipinski definition) is 1. The van der Waals surface area contributed by atoms with Crippen molar-refractivity contribution in [1.82, 2.24) is 4.90 Å². The summed E-state index contributed by atoms with van der Waals surface area (Å²) < 4.78 is 0. The third kappa shape index (κ3) is 3.01. The molecule has 0 radical (unpaired) electrons. The van der Waals surface area contributed by atoms with E-state index in [0.29, 0.717) is 6.04 Å². The highest BCUT2D eigenvalue weighted by Gasteiger charge is 2.27. The molecule has 1 aliphatic rings. The minimum Gasteiger partial charge on any atom is -0.396 e. The summed E-state index contributed by atoms with van der Waals surface area (Å²) in [5.74, 6) is 0.259. The van der Waals surface area contributed by atoms with E-state index in [9.17, 15) is 5.11 Å². The number of halogens is 1. The molecule has 0 aliphatic carbocycles. The van der Waals surface area contributed by atoms with Crippen LogP contribution in [-0.4, -0.2) is 29.7 Å². The SMILES string of the molecule is CC(CO)C(c1ccc(Cl)cc1)N1CCCC1. The molecule has 0 saturated carbocycles. The second-order valence-corrected chi connectivity index (χ2v) is 5.34. The fourth-order valence-electron chi connectivity index (χ4n) is 2.68. The molecule has 1 aromatic rings. The van der Waals surface area contributed by atoms with E-state index in [0.717, 1.165) is 18.1 Å². The average Bonchev–Trinajstić information content (AvgIpc) is 2.85. The predicted octanol–water partition coefficient (Wildman–Crippen LogP) is 3.11. The van der Waals surface area contributed by atoms with Crippen LogP contribution in [0.4, 0.5) is 0 Å². The van der Waals surface area contributed by atoms with Gasteiger partial charge in [0.05, 0.1) is 0 Å². The number of hydrogen-bond acceptors (Lipinski definition) is 2. The molecule has 2 rings (SSSR count). The zero-order chi connectivity index (χ0) is 12.3. The fourth-order valence-corrected chi connectivity index (χ4v) is 2.80. The van der Waals surface area contributed by atoms with Gasteiger partial charge < -0.3 is 5.11 Å². The van der Waals surface area contributed by atoms with Gasteiger partial charge in [-0.05, 0) is 49.5 Å². The van der Waals surface area contributed by atoms with Gasteiger partial charge in [0.25, 0.3) is 0 Å². The average molecular weight is 254 g/mol. The van der Waals surface area contributed by atoms with Crippen molar-refractivity contribution < 1.29 is 5.11 Å². The lowest BCUT2D eigenvalue weighted by Crippen LogP contribution is -2.31. The Hall–Kier alpha value is -0.570. The molecule has 2 atom stereocenters. The molecule has 1 saturated heterocycles. The largest absolute Gasteiger partial charge is 0.396 e. The summed E-state index contributed by atoms with van der Waals surface area (Å²) in [6, 6.07) is 8.35. The fraction of sp³-hybridized carbons (Fsp3) is 0.571. The third-order valence-electron chi connectivity index (χ3n) is 3.57. The summed E-state index contributed by atoms with van der Waals surface area (Å²) in [6.07, 6.45) is 2.53.